The van der Waals surface area contributed by atoms with Crippen molar-refractivity contribution in [2.75, 3.05) is 0 Å². The van der Waals surface area contributed by atoms with Crippen LogP contribution in [0.1, 0.15) is 20.8 Å². The molecule has 0 saturated carbocycles. The Morgan fingerprint density at radius 1 is 1.20 bits per heavy atom. The summed E-state index contributed by atoms with van der Waals surface area (Å²) in [6, 6.07) is 6.80. The summed E-state index contributed by atoms with van der Waals surface area (Å²) in [4.78, 5) is 12.1. The highest BCUT2D eigenvalue weighted by molar-refractivity contribution is 7.80. The van der Waals surface area contributed by atoms with Gasteiger partial charge in [0.05, 0.1) is 0 Å². The predicted molar refractivity (Wildman–Crippen MR) is 60.6 cm³/mol. The van der Waals surface area contributed by atoms with Crippen LogP contribution in [0.2, 0.25) is 0 Å². The molecule has 0 bridgehead atoms. The van der Waals surface area contributed by atoms with E-state index in [0.717, 1.165) is 4.90 Å². The van der Waals surface area contributed by atoms with Gasteiger partial charge in [0.15, 0.2) is 0 Å². The minimum absolute atomic E-state index is 0.446. The molecular weight excluding hydrogens is 212 g/mol. The number of hydrogen-bond donors (Lipinski definition) is 1. The van der Waals surface area contributed by atoms with Gasteiger partial charge in [-0.05, 0) is 45.0 Å². The Hall–Kier alpha value is -1.16. The lowest BCUT2D eigenvalue weighted by atomic mass is 10.2. The fourth-order valence-electron chi connectivity index (χ4n) is 0.881. The summed E-state index contributed by atoms with van der Waals surface area (Å²) in [5, 5.41) is 0. The molecule has 0 heterocycles. The maximum Gasteiger partial charge on any atom is 0.514 e. The molecule has 3 nitrogen and oxygen atoms in total. The van der Waals surface area contributed by atoms with Crippen LogP contribution in [-0.2, 0) is 4.74 Å². The highest BCUT2D eigenvalue weighted by Crippen LogP contribution is 2.16. The summed E-state index contributed by atoms with van der Waals surface area (Å²) >= 11 is 4.12. The van der Waals surface area contributed by atoms with Gasteiger partial charge in [-0.25, -0.2) is 4.79 Å². The van der Waals surface area contributed by atoms with Crippen LogP contribution in [0, 0.1) is 0 Å². The molecule has 4 heteroatoms. The van der Waals surface area contributed by atoms with Crippen molar-refractivity contribution in [2.45, 2.75) is 31.3 Å². The van der Waals surface area contributed by atoms with E-state index in [4.69, 9.17) is 9.47 Å². The van der Waals surface area contributed by atoms with Gasteiger partial charge in [-0.3, -0.25) is 0 Å². The fourth-order valence-corrected chi connectivity index (χ4v) is 1.03. The largest absolute Gasteiger partial charge is 0.514 e. The first-order chi connectivity index (χ1) is 6.87. The summed E-state index contributed by atoms with van der Waals surface area (Å²) in [6.07, 6.45) is -0.700. The lowest BCUT2D eigenvalue weighted by molar-refractivity contribution is 0.0206. The monoisotopic (exact) mass is 226 g/mol. The van der Waals surface area contributed by atoms with Gasteiger partial charge in [0.25, 0.3) is 0 Å². The van der Waals surface area contributed by atoms with E-state index in [2.05, 4.69) is 12.6 Å². The van der Waals surface area contributed by atoms with Crippen molar-refractivity contribution in [2.24, 2.45) is 0 Å². The Balaban J connectivity index is 2.55. The third-order valence-electron chi connectivity index (χ3n) is 1.43. The van der Waals surface area contributed by atoms with E-state index in [1.807, 2.05) is 0 Å². The number of carbonyl (C=O) groups excluding carboxylic acids is 1. The van der Waals surface area contributed by atoms with Gasteiger partial charge in [-0.1, -0.05) is 0 Å². The minimum Gasteiger partial charge on any atom is -0.428 e. The van der Waals surface area contributed by atoms with E-state index in [9.17, 15) is 4.79 Å². The minimum atomic E-state index is -0.700. The first-order valence-electron chi connectivity index (χ1n) is 4.57. The summed E-state index contributed by atoms with van der Waals surface area (Å²) < 4.78 is 9.94. The molecule has 1 aromatic carbocycles. The van der Waals surface area contributed by atoms with Crippen molar-refractivity contribution >= 4 is 18.8 Å². The maximum atomic E-state index is 11.2. The van der Waals surface area contributed by atoms with Gasteiger partial charge in [0.2, 0.25) is 0 Å². The summed E-state index contributed by atoms with van der Waals surface area (Å²) in [5.74, 6) is 0.446. The van der Waals surface area contributed by atoms with Crippen LogP contribution in [-0.4, -0.2) is 11.8 Å². The van der Waals surface area contributed by atoms with Gasteiger partial charge < -0.3 is 9.47 Å². The first-order valence-corrected chi connectivity index (χ1v) is 5.01. The van der Waals surface area contributed by atoms with E-state index < -0.39 is 11.8 Å². The SMILES string of the molecule is CC(C)(C)OC(=O)Oc1ccc(S)cc1. The van der Waals surface area contributed by atoms with Crippen LogP contribution in [0.25, 0.3) is 0 Å². The van der Waals surface area contributed by atoms with Gasteiger partial charge in [0.1, 0.15) is 11.4 Å². The number of benzene rings is 1. The average molecular weight is 226 g/mol. The van der Waals surface area contributed by atoms with Crippen LogP contribution in [0.4, 0.5) is 4.79 Å². The van der Waals surface area contributed by atoms with E-state index >= 15 is 0 Å². The number of rotatable bonds is 1. The average Bonchev–Trinajstić information content (AvgIpc) is 2.05. The Labute approximate surface area is 94.8 Å². The normalized spacial score (nSPS) is 10.9. The summed E-state index contributed by atoms with van der Waals surface area (Å²) in [5.41, 5.74) is -0.541. The molecule has 0 aliphatic rings. The molecule has 0 saturated heterocycles. The Morgan fingerprint density at radius 3 is 2.20 bits per heavy atom. The smallest absolute Gasteiger partial charge is 0.428 e. The van der Waals surface area contributed by atoms with Crippen molar-refractivity contribution < 1.29 is 14.3 Å². The second-order valence-corrected chi connectivity index (χ2v) is 4.58. The topological polar surface area (TPSA) is 35.5 Å². The Bertz CT molecular complexity index is 338. The third-order valence-corrected chi connectivity index (χ3v) is 1.73. The molecule has 15 heavy (non-hydrogen) atoms. The van der Waals surface area contributed by atoms with Crippen LogP contribution >= 0.6 is 12.6 Å². The molecule has 0 atom stereocenters. The molecule has 1 rings (SSSR count). The van der Waals surface area contributed by atoms with Gasteiger partial charge in [-0.15, -0.1) is 12.6 Å². The van der Waals surface area contributed by atoms with Crippen LogP contribution < -0.4 is 4.74 Å². The molecule has 82 valence electrons. The van der Waals surface area contributed by atoms with Crippen molar-refractivity contribution in [3.63, 3.8) is 0 Å². The maximum absolute atomic E-state index is 11.2. The number of carbonyl (C=O) groups is 1. The van der Waals surface area contributed by atoms with Crippen LogP contribution in [0.5, 0.6) is 5.75 Å². The van der Waals surface area contributed by atoms with Gasteiger partial charge in [-0.2, -0.15) is 0 Å². The molecule has 0 N–H and O–H groups in total. The standard InChI is InChI=1S/C11H14O3S/c1-11(2,3)14-10(12)13-8-4-6-9(15)7-5-8/h4-7,15H,1-3H3. The van der Waals surface area contributed by atoms with E-state index in [0.29, 0.717) is 5.75 Å². The summed E-state index contributed by atoms with van der Waals surface area (Å²) in [6.45, 7) is 5.35. The Morgan fingerprint density at radius 2 is 1.73 bits per heavy atom. The zero-order chi connectivity index (χ0) is 11.5. The van der Waals surface area contributed by atoms with Crippen molar-refractivity contribution in [3.8, 4) is 5.75 Å². The molecule has 0 aliphatic carbocycles. The molecule has 0 spiro atoms. The highest BCUT2D eigenvalue weighted by Gasteiger charge is 2.17. The molecule has 0 radical (unpaired) electrons. The second kappa shape index (κ2) is 4.57. The van der Waals surface area contributed by atoms with Crippen LogP contribution in [0.15, 0.2) is 29.2 Å². The van der Waals surface area contributed by atoms with E-state index in [1.54, 1.807) is 45.0 Å². The first kappa shape index (κ1) is 11.9. The zero-order valence-corrected chi connectivity index (χ0v) is 9.88. The molecule has 0 fully saturated rings. The van der Waals surface area contributed by atoms with E-state index in [1.165, 1.54) is 0 Å². The molecule has 0 aromatic heterocycles. The van der Waals surface area contributed by atoms with Gasteiger partial charge >= 0.3 is 6.16 Å². The molecule has 0 aliphatic heterocycles. The Kier molecular flexibility index (Phi) is 3.63. The molecular formula is C11H14O3S. The third kappa shape index (κ3) is 4.74. The lowest BCUT2D eigenvalue weighted by Crippen LogP contribution is -2.25. The molecule has 1 aromatic rings. The lowest BCUT2D eigenvalue weighted by Gasteiger charge is -2.18. The molecule has 0 amide bonds. The number of thiol groups is 1. The van der Waals surface area contributed by atoms with Crippen molar-refractivity contribution in [1.82, 2.24) is 0 Å². The highest BCUT2D eigenvalue weighted by atomic mass is 32.1. The molecule has 0 unspecified atom stereocenters. The quantitative estimate of drug-likeness (QED) is 0.453. The van der Waals surface area contributed by atoms with Gasteiger partial charge in [0, 0.05) is 4.90 Å². The van der Waals surface area contributed by atoms with Crippen LogP contribution in [0.3, 0.4) is 0 Å². The summed E-state index contributed by atoms with van der Waals surface area (Å²) in [7, 11) is 0. The number of hydrogen-bond acceptors (Lipinski definition) is 4. The fraction of sp³-hybridized carbons (Fsp3) is 0.364. The second-order valence-electron chi connectivity index (χ2n) is 4.06. The predicted octanol–water partition coefficient (Wildman–Crippen LogP) is 3.29. The zero-order valence-electron chi connectivity index (χ0n) is 8.98. The van der Waals surface area contributed by atoms with E-state index in [-0.39, 0.29) is 0 Å². The van der Waals surface area contributed by atoms with Crippen molar-refractivity contribution in [1.29, 1.82) is 0 Å². The number of ether oxygens (including phenoxy) is 2. The van der Waals surface area contributed by atoms with Crippen molar-refractivity contribution in [3.05, 3.63) is 24.3 Å².